The summed E-state index contributed by atoms with van der Waals surface area (Å²) in [7, 11) is 1.25. The van der Waals surface area contributed by atoms with E-state index in [1.165, 1.54) is 13.2 Å². The Morgan fingerprint density at radius 2 is 2.47 bits per heavy atom. The van der Waals surface area contributed by atoms with E-state index in [4.69, 9.17) is 4.74 Å². The van der Waals surface area contributed by atoms with Crippen molar-refractivity contribution in [3.63, 3.8) is 0 Å². The molecule has 1 aliphatic rings. The van der Waals surface area contributed by atoms with E-state index in [1.807, 2.05) is 6.92 Å². The summed E-state index contributed by atoms with van der Waals surface area (Å²) >= 11 is 0. The molecule has 1 rings (SSSR count). The first kappa shape index (κ1) is 11.9. The molecule has 0 N–H and O–H groups in total. The summed E-state index contributed by atoms with van der Waals surface area (Å²) in [4.78, 5) is 23.4. The van der Waals surface area contributed by atoms with Gasteiger partial charge in [-0.05, 0) is 6.42 Å². The van der Waals surface area contributed by atoms with Gasteiger partial charge in [0.15, 0.2) is 5.78 Å². The Kier molecular flexibility index (Phi) is 3.63. The van der Waals surface area contributed by atoms with E-state index in [-0.39, 0.29) is 24.7 Å². The molecule has 0 aliphatic carbocycles. The molecule has 0 saturated carbocycles. The number of ether oxygens (including phenoxy) is 2. The second-order valence-electron chi connectivity index (χ2n) is 3.59. The lowest BCUT2D eigenvalue weighted by atomic mass is 9.94. The zero-order valence-electron chi connectivity index (χ0n) is 9.12. The largest absolute Gasteiger partial charge is 0.467 e. The number of methoxy groups -OCH3 is 1. The molecule has 0 aromatic rings. The van der Waals surface area contributed by atoms with Gasteiger partial charge in [-0.25, -0.2) is 4.79 Å². The molecular formula is C11H16O4. The quantitative estimate of drug-likeness (QED) is 0.399. The summed E-state index contributed by atoms with van der Waals surface area (Å²) in [6, 6.07) is 0. The predicted octanol–water partition coefficient (Wildman–Crippen LogP) is 1.24. The van der Waals surface area contributed by atoms with E-state index in [9.17, 15) is 9.59 Å². The molecule has 4 nitrogen and oxygen atoms in total. The van der Waals surface area contributed by atoms with Crippen LogP contribution < -0.4 is 0 Å². The number of carbonyl (C=O) groups is 2. The molecule has 0 aromatic heterocycles. The topological polar surface area (TPSA) is 52.6 Å². The van der Waals surface area contributed by atoms with Crippen molar-refractivity contribution in [1.29, 1.82) is 0 Å². The SMILES string of the molecule is C=CC[C@]1(C(=O)OC)O[C@@H](CC)CC1=O. The fraction of sp³-hybridized carbons (Fsp3) is 0.636. The van der Waals surface area contributed by atoms with Gasteiger partial charge in [-0.1, -0.05) is 13.0 Å². The van der Waals surface area contributed by atoms with Crippen LogP contribution in [0, 0.1) is 0 Å². The monoisotopic (exact) mass is 212 g/mol. The van der Waals surface area contributed by atoms with Gasteiger partial charge in [0.25, 0.3) is 0 Å². The van der Waals surface area contributed by atoms with Gasteiger partial charge in [0, 0.05) is 12.8 Å². The smallest absolute Gasteiger partial charge is 0.346 e. The molecule has 0 bridgehead atoms. The fourth-order valence-electron chi connectivity index (χ4n) is 1.77. The third kappa shape index (κ3) is 1.95. The van der Waals surface area contributed by atoms with Crippen molar-refractivity contribution in [2.45, 2.75) is 37.9 Å². The van der Waals surface area contributed by atoms with Gasteiger partial charge in [-0.3, -0.25) is 4.79 Å². The Labute approximate surface area is 89.2 Å². The predicted molar refractivity (Wildman–Crippen MR) is 54.3 cm³/mol. The highest BCUT2D eigenvalue weighted by Gasteiger charge is 2.53. The summed E-state index contributed by atoms with van der Waals surface area (Å²) < 4.78 is 10.1. The van der Waals surface area contributed by atoms with Crippen LogP contribution in [0.3, 0.4) is 0 Å². The van der Waals surface area contributed by atoms with Crippen LogP contribution in [0.5, 0.6) is 0 Å². The second-order valence-corrected chi connectivity index (χ2v) is 3.59. The van der Waals surface area contributed by atoms with E-state index in [1.54, 1.807) is 0 Å². The Morgan fingerprint density at radius 3 is 2.87 bits per heavy atom. The Balaban J connectivity index is 2.96. The molecule has 84 valence electrons. The maximum absolute atomic E-state index is 11.8. The number of hydrogen-bond acceptors (Lipinski definition) is 4. The van der Waals surface area contributed by atoms with Crippen LogP contribution in [0.25, 0.3) is 0 Å². The third-order valence-corrected chi connectivity index (χ3v) is 2.63. The maximum Gasteiger partial charge on any atom is 0.346 e. The van der Waals surface area contributed by atoms with Gasteiger partial charge in [0.1, 0.15) is 0 Å². The molecular weight excluding hydrogens is 196 g/mol. The van der Waals surface area contributed by atoms with Crippen LogP contribution in [-0.4, -0.2) is 30.6 Å². The molecule has 15 heavy (non-hydrogen) atoms. The molecule has 0 amide bonds. The summed E-state index contributed by atoms with van der Waals surface area (Å²) in [5.74, 6) is -0.829. The first-order chi connectivity index (χ1) is 7.10. The summed E-state index contributed by atoms with van der Waals surface area (Å²) in [5.41, 5.74) is -1.43. The van der Waals surface area contributed by atoms with E-state index < -0.39 is 11.6 Å². The molecule has 0 unspecified atom stereocenters. The highest BCUT2D eigenvalue weighted by Crippen LogP contribution is 2.33. The summed E-state index contributed by atoms with van der Waals surface area (Å²) in [6.45, 7) is 5.45. The standard InChI is InChI=1S/C11H16O4/c1-4-6-11(10(13)14-3)9(12)7-8(5-2)15-11/h4,8H,1,5-7H2,2-3H3/t8-,11-/m0/s1. The maximum atomic E-state index is 11.8. The van der Waals surface area contributed by atoms with E-state index >= 15 is 0 Å². The van der Waals surface area contributed by atoms with Crippen molar-refractivity contribution in [2.75, 3.05) is 7.11 Å². The zero-order chi connectivity index (χ0) is 11.5. The molecule has 1 fully saturated rings. The molecule has 0 radical (unpaired) electrons. The van der Waals surface area contributed by atoms with Crippen LogP contribution in [0.4, 0.5) is 0 Å². The highest BCUT2D eigenvalue weighted by atomic mass is 16.6. The van der Waals surface area contributed by atoms with Crippen molar-refractivity contribution in [3.05, 3.63) is 12.7 Å². The van der Waals surface area contributed by atoms with Gasteiger partial charge in [-0.2, -0.15) is 0 Å². The molecule has 2 atom stereocenters. The third-order valence-electron chi connectivity index (χ3n) is 2.63. The van der Waals surface area contributed by atoms with Gasteiger partial charge >= 0.3 is 5.97 Å². The first-order valence-electron chi connectivity index (χ1n) is 5.01. The highest BCUT2D eigenvalue weighted by molar-refractivity contribution is 6.08. The van der Waals surface area contributed by atoms with Crippen LogP contribution in [0.15, 0.2) is 12.7 Å². The molecule has 4 heteroatoms. The minimum atomic E-state index is -1.43. The summed E-state index contributed by atoms with van der Waals surface area (Å²) in [5, 5.41) is 0. The molecule has 1 heterocycles. The average molecular weight is 212 g/mol. The van der Waals surface area contributed by atoms with E-state index in [0.29, 0.717) is 6.42 Å². The van der Waals surface area contributed by atoms with Crippen molar-refractivity contribution in [1.82, 2.24) is 0 Å². The van der Waals surface area contributed by atoms with Crippen molar-refractivity contribution >= 4 is 11.8 Å². The lowest BCUT2D eigenvalue weighted by Crippen LogP contribution is -2.45. The minimum absolute atomic E-state index is 0.176. The first-order valence-corrected chi connectivity index (χ1v) is 5.01. The lowest BCUT2D eigenvalue weighted by molar-refractivity contribution is -0.170. The zero-order valence-corrected chi connectivity index (χ0v) is 9.12. The number of esters is 1. The van der Waals surface area contributed by atoms with E-state index in [0.717, 1.165) is 0 Å². The van der Waals surface area contributed by atoms with Gasteiger partial charge in [0.2, 0.25) is 5.60 Å². The van der Waals surface area contributed by atoms with Crippen LogP contribution in [-0.2, 0) is 19.1 Å². The summed E-state index contributed by atoms with van der Waals surface area (Å²) in [6.07, 6.45) is 2.49. The van der Waals surface area contributed by atoms with Crippen molar-refractivity contribution in [3.8, 4) is 0 Å². The Bertz CT molecular complexity index is 284. The van der Waals surface area contributed by atoms with Crippen molar-refractivity contribution < 1.29 is 19.1 Å². The normalized spacial score (nSPS) is 30.3. The van der Waals surface area contributed by atoms with Crippen LogP contribution in [0.2, 0.25) is 0 Å². The molecule has 1 saturated heterocycles. The number of carbonyl (C=O) groups excluding carboxylic acids is 2. The number of Topliss-reactive ketones (excluding diaryl/α,β-unsaturated/α-hetero) is 1. The van der Waals surface area contributed by atoms with E-state index in [2.05, 4.69) is 11.3 Å². The van der Waals surface area contributed by atoms with Gasteiger partial charge in [0.05, 0.1) is 13.2 Å². The Morgan fingerprint density at radius 1 is 1.80 bits per heavy atom. The molecule has 0 aromatic carbocycles. The lowest BCUT2D eigenvalue weighted by Gasteiger charge is -2.23. The van der Waals surface area contributed by atoms with Gasteiger partial charge in [-0.15, -0.1) is 6.58 Å². The minimum Gasteiger partial charge on any atom is -0.467 e. The second kappa shape index (κ2) is 4.57. The fourth-order valence-corrected chi connectivity index (χ4v) is 1.77. The van der Waals surface area contributed by atoms with Gasteiger partial charge < -0.3 is 9.47 Å². The number of rotatable bonds is 4. The van der Waals surface area contributed by atoms with Crippen molar-refractivity contribution in [2.24, 2.45) is 0 Å². The molecule has 0 spiro atoms. The van der Waals surface area contributed by atoms with Crippen LogP contribution in [0.1, 0.15) is 26.2 Å². The van der Waals surface area contributed by atoms with Crippen LogP contribution >= 0.6 is 0 Å². The number of ketones is 1. The molecule has 1 aliphatic heterocycles. The Hall–Kier alpha value is -1.16. The number of hydrogen-bond donors (Lipinski definition) is 0. The average Bonchev–Trinajstić information content (AvgIpc) is 2.56.